The number of anilines is 1. The lowest BCUT2D eigenvalue weighted by molar-refractivity contribution is 0.0984. The molecule has 1 atom stereocenters. The van der Waals surface area contributed by atoms with Crippen LogP contribution in [0.25, 0.3) is 0 Å². The molecule has 2 aromatic carbocycles. The number of imidazole rings is 1. The molecule has 2 heterocycles. The Morgan fingerprint density at radius 2 is 1.97 bits per heavy atom. The fourth-order valence-electron chi connectivity index (χ4n) is 5.09. The lowest BCUT2D eigenvalue weighted by atomic mass is 10.1. The summed E-state index contributed by atoms with van der Waals surface area (Å²) in [6.45, 7) is 2.89. The van der Waals surface area contributed by atoms with Crippen LogP contribution in [0.1, 0.15) is 72.4 Å². The second-order valence-electron chi connectivity index (χ2n) is 9.53. The van der Waals surface area contributed by atoms with E-state index in [1.54, 1.807) is 0 Å². The van der Waals surface area contributed by atoms with Crippen molar-refractivity contribution in [3.8, 4) is 5.88 Å². The van der Waals surface area contributed by atoms with Gasteiger partial charge in [-0.1, -0.05) is 37.6 Å². The number of rotatable bonds is 7. The number of hydrogen-bond donors (Lipinski definition) is 1. The Kier molecular flexibility index (Phi) is 7.21. The Morgan fingerprint density at radius 1 is 1.14 bits per heavy atom. The van der Waals surface area contributed by atoms with Crippen molar-refractivity contribution in [2.75, 3.05) is 11.4 Å². The van der Waals surface area contributed by atoms with Crippen molar-refractivity contribution in [1.82, 2.24) is 14.9 Å². The third kappa shape index (κ3) is 5.08. The molecule has 5 rings (SSSR count). The maximum absolute atomic E-state index is 14.0. The lowest BCUT2D eigenvalue weighted by Crippen LogP contribution is -2.34. The van der Waals surface area contributed by atoms with E-state index in [1.807, 2.05) is 29.7 Å². The zero-order valence-electron chi connectivity index (χ0n) is 20.8. The van der Waals surface area contributed by atoms with E-state index in [0.717, 1.165) is 55.6 Å². The maximum Gasteiger partial charge on any atom is 0.414 e. The van der Waals surface area contributed by atoms with Gasteiger partial charge in [0.2, 0.25) is 5.88 Å². The molecule has 0 saturated heterocycles. The van der Waals surface area contributed by atoms with Crippen LogP contribution in [0.3, 0.4) is 0 Å². The normalized spacial score (nSPS) is 16.1. The molecule has 7 nitrogen and oxygen atoms in total. The fraction of sp³-hybridized carbons (Fsp3) is 0.393. The number of ether oxygens (including phenoxy) is 1. The van der Waals surface area contributed by atoms with Crippen molar-refractivity contribution in [3.63, 3.8) is 0 Å². The van der Waals surface area contributed by atoms with Crippen molar-refractivity contribution < 1.29 is 23.1 Å². The van der Waals surface area contributed by atoms with Crippen molar-refractivity contribution in [1.29, 1.82) is 0 Å². The summed E-state index contributed by atoms with van der Waals surface area (Å²) >= 11 is 0. The van der Waals surface area contributed by atoms with Crippen molar-refractivity contribution in [3.05, 3.63) is 76.6 Å². The maximum atomic E-state index is 14.0. The third-order valence-electron chi connectivity index (χ3n) is 7.03. The van der Waals surface area contributed by atoms with Crippen LogP contribution in [-0.2, 0) is 19.4 Å². The Morgan fingerprint density at radius 3 is 2.78 bits per heavy atom. The molecule has 1 unspecified atom stereocenters. The first-order valence-corrected chi connectivity index (χ1v) is 12.9. The van der Waals surface area contributed by atoms with Gasteiger partial charge in [0.25, 0.3) is 5.91 Å². The summed E-state index contributed by atoms with van der Waals surface area (Å²) in [5, 5.41) is 2.97. The second kappa shape index (κ2) is 10.7. The van der Waals surface area contributed by atoms with Crippen LogP contribution < -0.4 is 15.0 Å². The van der Waals surface area contributed by atoms with E-state index in [4.69, 9.17) is 9.72 Å². The first-order valence-electron chi connectivity index (χ1n) is 12.9. The van der Waals surface area contributed by atoms with Gasteiger partial charge in [-0.3, -0.25) is 14.3 Å². The molecule has 37 heavy (non-hydrogen) atoms. The molecule has 9 heteroatoms. The quantitative estimate of drug-likeness (QED) is 0.443. The molecule has 194 valence electrons. The van der Waals surface area contributed by atoms with Crippen LogP contribution in [0.15, 0.2) is 42.5 Å². The van der Waals surface area contributed by atoms with E-state index >= 15 is 0 Å². The Bertz CT molecular complexity index is 1320. The van der Waals surface area contributed by atoms with E-state index in [1.165, 1.54) is 16.5 Å². The number of nitrogens with zero attached hydrogens (tertiary/aromatic N) is 3. The summed E-state index contributed by atoms with van der Waals surface area (Å²) in [7, 11) is 0. The topological polar surface area (TPSA) is 76.5 Å². The number of aryl methyl sites for hydroxylation is 2. The highest BCUT2D eigenvalue weighted by atomic mass is 19.2. The summed E-state index contributed by atoms with van der Waals surface area (Å²) in [6.07, 6.45) is 5.01. The highest BCUT2D eigenvalue weighted by Crippen LogP contribution is 2.35. The number of unbranched alkanes of at least 4 members (excludes halogenated alkanes) is 1. The lowest BCUT2D eigenvalue weighted by Gasteiger charge is -2.23. The van der Waals surface area contributed by atoms with Crippen molar-refractivity contribution in [2.45, 2.75) is 64.5 Å². The van der Waals surface area contributed by atoms with Gasteiger partial charge in [0.15, 0.2) is 17.5 Å². The molecule has 1 aliphatic carbocycles. The minimum atomic E-state index is -1.10. The van der Waals surface area contributed by atoms with Gasteiger partial charge < -0.3 is 10.1 Å². The van der Waals surface area contributed by atoms with E-state index in [-0.39, 0.29) is 23.3 Å². The Balaban J connectivity index is 1.46. The smallest absolute Gasteiger partial charge is 0.389 e. The van der Waals surface area contributed by atoms with Gasteiger partial charge in [0.05, 0.1) is 6.04 Å². The molecule has 0 fully saturated rings. The van der Waals surface area contributed by atoms with Gasteiger partial charge in [0, 0.05) is 25.1 Å². The number of carbonyl (C=O) groups excluding carboxylic acids is 2. The molecule has 2 aliphatic rings. The van der Waals surface area contributed by atoms with Gasteiger partial charge in [-0.05, 0) is 61.4 Å². The second-order valence-corrected chi connectivity index (χ2v) is 9.53. The highest BCUT2D eigenvalue weighted by molar-refractivity contribution is 6.06. The molecule has 0 spiro atoms. The van der Waals surface area contributed by atoms with Crippen LogP contribution in [0.5, 0.6) is 5.88 Å². The zero-order valence-corrected chi connectivity index (χ0v) is 20.8. The summed E-state index contributed by atoms with van der Waals surface area (Å²) in [5.74, 6) is -1.50. The molecule has 0 saturated carbocycles. The van der Waals surface area contributed by atoms with Crippen LogP contribution in [0, 0.1) is 11.6 Å². The Labute approximate surface area is 214 Å². The minimum absolute atomic E-state index is 0.000982. The molecule has 0 bridgehead atoms. The first-order chi connectivity index (χ1) is 18.0. The molecular weight excluding hydrogens is 478 g/mol. The van der Waals surface area contributed by atoms with Gasteiger partial charge in [0.1, 0.15) is 5.82 Å². The number of halogens is 2. The van der Waals surface area contributed by atoms with Gasteiger partial charge in [-0.25, -0.2) is 18.6 Å². The standard InChI is InChI=1S/C28H30F2N4O3/c1-2-3-15-34(26(35)19-11-13-21(29)22(30)17-19)25-27(33-16-7-6-10-24(33)32-25)37-28(36)31-23-14-12-18-8-4-5-9-20(18)23/h4-5,8-9,11,13,17,23H,2-3,6-7,10,12,14-16H2,1H3,(H,31,36). The van der Waals surface area contributed by atoms with Gasteiger partial charge in [-0.2, -0.15) is 0 Å². The van der Waals surface area contributed by atoms with E-state index in [9.17, 15) is 18.4 Å². The minimum Gasteiger partial charge on any atom is -0.389 e. The summed E-state index contributed by atoms with van der Waals surface area (Å²) in [4.78, 5) is 32.7. The Hall–Kier alpha value is -3.75. The third-order valence-corrected chi connectivity index (χ3v) is 7.03. The molecular formula is C28H30F2N4O3. The van der Waals surface area contributed by atoms with Crippen LogP contribution in [0.2, 0.25) is 0 Å². The highest BCUT2D eigenvalue weighted by Gasteiger charge is 2.32. The van der Waals surface area contributed by atoms with Crippen LogP contribution in [0.4, 0.5) is 19.4 Å². The van der Waals surface area contributed by atoms with Crippen molar-refractivity contribution in [2.24, 2.45) is 0 Å². The summed E-state index contributed by atoms with van der Waals surface area (Å²) in [6, 6.07) is 10.9. The zero-order chi connectivity index (χ0) is 25.9. The predicted octanol–water partition coefficient (Wildman–Crippen LogP) is 5.72. The number of benzene rings is 2. The molecule has 1 aliphatic heterocycles. The van der Waals surface area contributed by atoms with E-state index < -0.39 is 23.6 Å². The van der Waals surface area contributed by atoms with Crippen LogP contribution >= 0.6 is 0 Å². The monoisotopic (exact) mass is 508 g/mol. The molecule has 3 aromatic rings. The summed E-state index contributed by atoms with van der Waals surface area (Å²) < 4.78 is 35.2. The number of aromatic nitrogens is 2. The molecule has 0 radical (unpaired) electrons. The van der Waals surface area contributed by atoms with E-state index in [2.05, 4.69) is 11.4 Å². The largest absolute Gasteiger partial charge is 0.414 e. The SMILES string of the molecule is CCCCN(C(=O)c1ccc(F)c(F)c1)c1nc2n(c1OC(=O)NC1CCc3ccccc31)CCCC2. The number of nitrogens with one attached hydrogen (secondary N) is 1. The number of amides is 2. The fourth-order valence-corrected chi connectivity index (χ4v) is 5.09. The van der Waals surface area contributed by atoms with Crippen LogP contribution in [-0.4, -0.2) is 28.1 Å². The van der Waals surface area contributed by atoms with Crippen molar-refractivity contribution >= 4 is 17.8 Å². The summed E-state index contributed by atoms with van der Waals surface area (Å²) in [5.41, 5.74) is 2.28. The number of fused-ring (bicyclic) bond motifs is 2. The number of carbonyl (C=O) groups is 2. The molecule has 1 aromatic heterocycles. The van der Waals surface area contributed by atoms with E-state index in [0.29, 0.717) is 25.9 Å². The average Bonchev–Trinajstić information content (AvgIpc) is 3.47. The molecule has 1 N–H and O–H groups in total. The van der Waals surface area contributed by atoms with Gasteiger partial charge >= 0.3 is 6.09 Å². The molecule has 2 amide bonds. The number of hydrogen-bond acceptors (Lipinski definition) is 4. The predicted molar refractivity (Wildman–Crippen MR) is 135 cm³/mol. The average molecular weight is 509 g/mol. The van der Waals surface area contributed by atoms with Gasteiger partial charge in [-0.15, -0.1) is 0 Å². The first kappa shape index (κ1) is 24.9.